The lowest BCUT2D eigenvalue weighted by atomic mass is 10.3. The molecule has 90 valence electrons. The molecule has 2 rings (SSSR count). The third-order valence-corrected chi connectivity index (χ3v) is 3.37. The van der Waals surface area contributed by atoms with Crippen molar-refractivity contribution < 1.29 is 17.7 Å². The summed E-state index contributed by atoms with van der Waals surface area (Å²) in [4.78, 5) is 4.02. The van der Waals surface area contributed by atoms with Gasteiger partial charge in [0.25, 0.3) is 10.1 Å². The maximum atomic E-state index is 10.6. The van der Waals surface area contributed by atoms with Crippen LogP contribution in [0.5, 0.6) is 0 Å². The number of aromatic nitrogens is 4. The van der Waals surface area contributed by atoms with Crippen molar-refractivity contribution >= 4 is 21.7 Å². The van der Waals surface area contributed by atoms with Gasteiger partial charge in [-0.3, -0.25) is 4.55 Å². The highest BCUT2D eigenvalue weighted by Gasteiger charge is 2.11. The minimum absolute atomic E-state index is 0.106. The van der Waals surface area contributed by atoms with Crippen molar-refractivity contribution in [1.82, 2.24) is 14.5 Å². The maximum Gasteiger partial charge on any atom is 0.271 e. The van der Waals surface area contributed by atoms with E-state index in [-0.39, 0.29) is 12.3 Å². The van der Waals surface area contributed by atoms with Gasteiger partial charge >= 0.3 is 0 Å². The molecule has 0 saturated carbocycles. The predicted octanol–water partition coefficient (Wildman–Crippen LogP) is -0.225. The van der Waals surface area contributed by atoms with Gasteiger partial charge in [0.1, 0.15) is 23.3 Å². The van der Waals surface area contributed by atoms with Crippen molar-refractivity contribution in [2.75, 3.05) is 5.75 Å². The summed E-state index contributed by atoms with van der Waals surface area (Å²) in [5.74, 6) is -0.358. The van der Waals surface area contributed by atoms with Gasteiger partial charge in [0.15, 0.2) is 12.7 Å². The molecule has 0 unspecified atom stereocenters. The molecule has 0 aliphatic heterocycles. The molecule has 7 nitrogen and oxygen atoms in total. The van der Waals surface area contributed by atoms with E-state index >= 15 is 0 Å². The smallest absolute Gasteiger partial charge is 0.271 e. The van der Waals surface area contributed by atoms with E-state index < -0.39 is 10.1 Å². The van der Waals surface area contributed by atoms with Crippen LogP contribution in [0, 0.1) is 0 Å². The van der Waals surface area contributed by atoms with Crippen molar-refractivity contribution in [2.45, 2.75) is 6.54 Å². The summed E-state index contributed by atoms with van der Waals surface area (Å²) in [5, 5.41) is 4.77. The van der Waals surface area contributed by atoms with E-state index in [0.717, 1.165) is 10.6 Å². The number of nitrogens with zero attached hydrogens (tertiary/aromatic N) is 4. The Hall–Kier alpha value is -1.45. The summed E-state index contributed by atoms with van der Waals surface area (Å²) in [6, 6.07) is 1.76. The van der Waals surface area contributed by atoms with Crippen LogP contribution < -0.4 is 4.68 Å². The maximum absolute atomic E-state index is 10.6. The molecule has 2 heterocycles. The topological polar surface area (TPSA) is 96.9 Å². The lowest BCUT2D eigenvalue weighted by Gasteiger charge is -1.94. The molecule has 0 radical (unpaired) electrons. The second kappa shape index (κ2) is 4.82. The summed E-state index contributed by atoms with van der Waals surface area (Å²) in [7, 11) is -3.96. The predicted molar refractivity (Wildman–Crippen MR) is 59.8 cm³/mol. The molecule has 0 bridgehead atoms. The summed E-state index contributed by atoms with van der Waals surface area (Å²) in [5.41, 5.74) is 0.815. The molecule has 1 N–H and O–H groups in total. The van der Waals surface area contributed by atoms with Crippen molar-refractivity contribution in [1.29, 1.82) is 0 Å². The molecule has 0 atom stereocenters. The number of aryl methyl sites for hydroxylation is 1. The highest BCUT2D eigenvalue weighted by molar-refractivity contribution is 7.85. The summed E-state index contributed by atoms with van der Waals surface area (Å²) < 4.78 is 35.0. The normalized spacial score (nSPS) is 11.6. The molecule has 9 heteroatoms. The van der Waals surface area contributed by atoms with Crippen LogP contribution in [-0.2, 0) is 16.7 Å². The Labute approximate surface area is 102 Å². The molecular weight excluding hydrogens is 264 g/mol. The van der Waals surface area contributed by atoms with E-state index in [4.69, 9.17) is 4.55 Å². The fourth-order valence-electron chi connectivity index (χ4n) is 1.15. The van der Waals surface area contributed by atoms with Crippen molar-refractivity contribution in [3.63, 3.8) is 0 Å². The van der Waals surface area contributed by atoms with Gasteiger partial charge in [0.2, 0.25) is 0 Å². The van der Waals surface area contributed by atoms with E-state index in [2.05, 4.69) is 14.5 Å². The van der Waals surface area contributed by atoms with E-state index in [1.165, 1.54) is 22.5 Å². The first-order chi connectivity index (χ1) is 8.04. The Kier molecular flexibility index (Phi) is 3.41. The molecular formula is C8H9N4O3S2+. The van der Waals surface area contributed by atoms with Crippen LogP contribution in [0.2, 0.25) is 0 Å². The van der Waals surface area contributed by atoms with Gasteiger partial charge in [0.05, 0.1) is 0 Å². The Balaban J connectivity index is 2.09. The highest BCUT2D eigenvalue weighted by atomic mass is 32.2. The van der Waals surface area contributed by atoms with Gasteiger partial charge in [-0.05, 0) is 16.6 Å². The monoisotopic (exact) mass is 273 g/mol. The summed E-state index contributed by atoms with van der Waals surface area (Å²) in [6.45, 7) is 0.106. The Morgan fingerprint density at radius 1 is 1.47 bits per heavy atom. The highest BCUT2D eigenvalue weighted by Crippen LogP contribution is 2.16. The third-order valence-electron chi connectivity index (χ3n) is 1.96. The summed E-state index contributed by atoms with van der Waals surface area (Å²) in [6.07, 6.45) is 4.66. The standard InChI is InChI=1S/C8H8N4O3S2/c13-17(14,15)4-3-12-2-1-7(5-10-12)8-9-6-11-16-8/h1-2,5-6H,3-4H2/p+1. The van der Waals surface area contributed by atoms with Crippen molar-refractivity contribution in [2.24, 2.45) is 0 Å². The number of hydrogen-bond acceptors (Lipinski definition) is 6. The second-order valence-corrected chi connectivity index (χ2v) is 5.56. The molecule has 0 saturated heterocycles. The molecule has 17 heavy (non-hydrogen) atoms. The van der Waals surface area contributed by atoms with Crippen LogP contribution in [0.4, 0.5) is 0 Å². The SMILES string of the molecule is O=S(=O)(O)CC[n+]1ccc(-c2ncns2)cn1. The third kappa shape index (κ3) is 3.51. The van der Waals surface area contributed by atoms with Gasteiger partial charge in [-0.2, -0.15) is 12.8 Å². The zero-order valence-electron chi connectivity index (χ0n) is 8.59. The van der Waals surface area contributed by atoms with Gasteiger partial charge < -0.3 is 0 Å². The Morgan fingerprint density at radius 2 is 2.29 bits per heavy atom. The average Bonchev–Trinajstić information content (AvgIpc) is 2.79. The van der Waals surface area contributed by atoms with E-state index in [1.807, 2.05) is 0 Å². The van der Waals surface area contributed by atoms with Gasteiger partial charge in [0, 0.05) is 11.6 Å². The average molecular weight is 273 g/mol. The fourth-order valence-corrected chi connectivity index (χ4v) is 2.08. The lowest BCUT2D eigenvalue weighted by molar-refractivity contribution is -0.750. The molecule has 0 aliphatic rings. The van der Waals surface area contributed by atoms with Gasteiger partial charge in [-0.25, -0.2) is 4.98 Å². The lowest BCUT2D eigenvalue weighted by Crippen LogP contribution is -2.40. The quantitative estimate of drug-likeness (QED) is 0.611. The van der Waals surface area contributed by atoms with Crippen LogP contribution >= 0.6 is 11.5 Å². The van der Waals surface area contributed by atoms with Crippen LogP contribution in [0.15, 0.2) is 24.8 Å². The summed E-state index contributed by atoms with van der Waals surface area (Å²) >= 11 is 1.25. The molecule has 2 aromatic rings. The van der Waals surface area contributed by atoms with Crippen molar-refractivity contribution in [3.8, 4) is 10.6 Å². The first-order valence-corrected chi connectivity index (χ1v) is 7.01. The van der Waals surface area contributed by atoms with E-state index in [0.29, 0.717) is 0 Å². The van der Waals surface area contributed by atoms with Crippen LogP contribution in [0.25, 0.3) is 10.6 Å². The molecule has 0 spiro atoms. The van der Waals surface area contributed by atoms with Gasteiger partial charge in [-0.1, -0.05) is 4.68 Å². The minimum atomic E-state index is -3.96. The zero-order valence-corrected chi connectivity index (χ0v) is 10.2. The first kappa shape index (κ1) is 12.0. The minimum Gasteiger partial charge on any atom is -0.285 e. The van der Waals surface area contributed by atoms with E-state index in [9.17, 15) is 8.42 Å². The van der Waals surface area contributed by atoms with Crippen LogP contribution in [0.1, 0.15) is 0 Å². The molecule has 0 aromatic carbocycles. The molecule has 0 fully saturated rings. The zero-order chi connectivity index (χ0) is 12.3. The first-order valence-electron chi connectivity index (χ1n) is 4.62. The molecule has 0 amide bonds. The van der Waals surface area contributed by atoms with Gasteiger partial charge in [-0.15, -0.1) is 0 Å². The largest absolute Gasteiger partial charge is 0.285 e. The van der Waals surface area contributed by atoms with Crippen molar-refractivity contribution in [3.05, 3.63) is 24.8 Å². The van der Waals surface area contributed by atoms with Crippen LogP contribution in [-0.4, -0.2) is 33.2 Å². The molecule has 2 aromatic heterocycles. The molecule has 0 aliphatic carbocycles. The van der Waals surface area contributed by atoms with E-state index in [1.54, 1.807) is 18.5 Å². The number of rotatable bonds is 4. The Morgan fingerprint density at radius 3 is 2.82 bits per heavy atom. The van der Waals surface area contributed by atoms with Crippen LogP contribution in [0.3, 0.4) is 0 Å². The Bertz CT molecular complexity index is 580. The fraction of sp³-hybridized carbons (Fsp3) is 0.250. The second-order valence-electron chi connectivity index (χ2n) is 3.21. The number of hydrogen-bond donors (Lipinski definition) is 1.